The Labute approximate surface area is 293 Å². The lowest BCUT2D eigenvalue weighted by atomic mass is 9.87. The Hall–Kier alpha value is -5.34. The maximum absolute atomic E-state index is 15.0. The van der Waals surface area contributed by atoms with Crippen LogP contribution in [0.3, 0.4) is 0 Å². The van der Waals surface area contributed by atoms with Crippen molar-refractivity contribution in [2.24, 2.45) is 5.92 Å². The molecule has 2 aliphatic rings. The second-order valence-electron chi connectivity index (χ2n) is 13.1. The second-order valence-corrected chi connectivity index (χ2v) is 13.1. The number of anilines is 2. The summed E-state index contributed by atoms with van der Waals surface area (Å²) < 4.78 is 45.6. The zero-order valence-corrected chi connectivity index (χ0v) is 28.3. The van der Waals surface area contributed by atoms with Crippen LogP contribution in [0, 0.1) is 17.6 Å². The predicted molar refractivity (Wildman–Crippen MR) is 186 cm³/mol. The van der Waals surface area contributed by atoms with Gasteiger partial charge in [0.1, 0.15) is 41.9 Å². The van der Waals surface area contributed by atoms with Gasteiger partial charge < -0.3 is 24.4 Å². The van der Waals surface area contributed by atoms with Crippen molar-refractivity contribution in [3.05, 3.63) is 126 Å². The third-order valence-corrected chi connectivity index (χ3v) is 9.74. The molecule has 0 aliphatic carbocycles. The number of halogens is 2. The number of rotatable bonds is 12. The molecule has 2 fully saturated rings. The number of nitrogens with zero attached hydrogens (tertiary/aromatic N) is 7. The summed E-state index contributed by atoms with van der Waals surface area (Å²) in [6.07, 6.45) is 5.82. The van der Waals surface area contributed by atoms with Crippen molar-refractivity contribution in [3.63, 3.8) is 0 Å². The number of ether oxygens (including phenoxy) is 2. The topological polar surface area (TPSA) is 118 Å². The Balaban J connectivity index is 0.925. The minimum absolute atomic E-state index is 0.00171. The van der Waals surface area contributed by atoms with Crippen LogP contribution < -0.4 is 24.9 Å². The molecule has 0 radical (unpaired) electrons. The SMILES string of the molecule is C=C[C@@H]([C@H](C)O)n1ncn(-c2ccc(N3CCN(c4ccc(OC[C@@H]5CO[C@@](C[n+]6cnc[nH]6)(c6ccc(F)cc6F)C5)cc4)CC3)cc2)c1=O. The van der Waals surface area contributed by atoms with E-state index in [9.17, 15) is 18.7 Å². The van der Waals surface area contributed by atoms with E-state index >= 15 is 0 Å². The first-order chi connectivity index (χ1) is 24.7. The Morgan fingerprint density at radius 2 is 1.73 bits per heavy atom. The quantitative estimate of drug-likeness (QED) is 0.149. The highest BCUT2D eigenvalue weighted by atomic mass is 19.1. The van der Waals surface area contributed by atoms with Gasteiger partial charge in [0, 0.05) is 55.1 Å². The minimum atomic E-state index is -0.990. The lowest BCUT2D eigenvalue weighted by molar-refractivity contribution is -0.764. The Morgan fingerprint density at radius 1 is 1.06 bits per heavy atom. The molecule has 4 heterocycles. The first-order valence-corrected chi connectivity index (χ1v) is 17.0. The summed E-state index contributed by atoms with van der Waals surface area (Å²) in [5, 5.41) is 17.2. The molecule has 5 aromatic rings. The van der Waals surface area contributed by atoms with Gasteiger partial charge in [-0.1, -0.05) is 12.1 Å². The van der Waals surface area contributed by atoms with Gasteiger partial charge in [0.2, 0.25) is 6.33 Å². The lowest BCUT2D eigenvalue weighted by Crippen LogP contribution is -2.47. The first-order valence-electron chi connectivity index (χ1n) is 17.0. The third-order valence-electron chi connectivity index (χ3n) is 9.74. The number of aliphatic hydroxyl groups is 1. The van der Waals surface area contributed by atoms with Gasteiger partial charge in [-0.2, -0.15) is 14.9 Å². The molecule has 51 heavy (non-hydrogen) atoms. The van der Waals surface area contributed by atoms with Crippen LogP contribution in [0.15, 0.2) is 103 Å². The molecule has 266 valence electrons. The second kappa shape index (κ2) is 14.5. The lowest BCUT2D eigenvalue weighted by Gasteiger charge is -2.37. The van der Waals surface area contributed by atoms with Crippen molar-refractivity contribution in [2.45, 2.75) is 37.6 Å². The van der Waals surface area contributed by atoms with E-state index in [0.717, 1.165) is 49.4 Å². The summed E-state index contributed by atoms with van der Waals surface area (Å²) >= 11 is 0. The predicted octanol–water partition coefficient (Wildman–Crippen LogP) is 3.77. The van der Waals surface area contributed by atoms with Crippen LogP contribution in [0.5, 0.6) is 5.75 Å². The minimum Gasteiger partial charge on any atom is -0.493 e. The highest BCUT2D eigenvalue weighted by molar-refractivity contribution is 5.54. The molecule has 4 atom stereocenters. The molecule has 0 spiro atoms. The molecule has 2 aliphatic heterocycles. The fraction of sp³-hybridized carbons (Fsp3) is 0.351. The number of benzene rings is 3. The zero-order chi connectivity index (χ0) is 35.5. The molecule has 12 nitrogen and oxygen atoms in total. The van der Waals surface area contributed by atoms with Gasteiger partial charge in [-0.3, -0.25) is 0 Å². The van der Waals surface area contributed by atoms with Gasteiger partial charge in [-0.15, -0.1) is 6.58 Å². The Bertz CT molecular complexity index is 1990. The van der Waals surface area contributed by atoms with Gasteiger partial charge in [-0.05, 0) is 72.9 Å². The maximum Gasteiger partial charge on any atom is 0.351 e. The van der Waals surface area contributed by atoms with Crippen LogP contribution in [0.4, 0.5) is 20.2 Å². The van der Waals surface area contributed by atoms with Gasteiger partial charge in [0.25, 0.3) is 0 Å². The fourth-order valence-corrected chi connectivity index (χ4v) is 7.04. The molecule has 14 heteroatoms. The molecule has 0 saturated carbocycles. The van der Waals surface area contributed by atoms with E-state index in [2.05, 4.69) is 43.7 Å². The van der Waals surface area contributed by atoms with E-state index in [0.29, 0.717) is 37.4 Å². The number of H-pyrrole nitrogens is 1. The van der Waals surface area contributed by atoms with Crippen molar-refractivity contribution in [1.82, 2.24) is 24.4 Å². The normalized spacial score (nSPS) is 20.4. The van der Waals surface area contributed by atoms with E-state index in [1.165, 1.54) is 40.1 Å². The van der Waals surface area contributed by atoms with Crippen LogP contribution >= 0.6 is 0 Å². The van der Waals surface area contributed by atoms with Crippen molar-refractivity contribution in [3.8, 4) is 11.4 Å². The average molecular weight is 700 g/mol. The van der Waals surface area contributed by atoms with Crippen LogP contribution in [0.25, 0.3) is 5.69 Å². The molecule has 0 bridgehead atoms. The van der Waals surface area contributed by atoms with Crippen LogP contribution in [0.2, 0.25) is 0 Å². The number of aliphatic hydroxyl groups excluding tert-OH is 1. The van der Waals surface area contributed by atoms with Crippen LogP contribution in [0.1, 0.15) is 24.9 Å². The summed E-state index contributed by atoms with van der Waals surface area (Å²) in [6, 6.07) is 18.9. The highest BCUT2D eigenvalue weighted by Crippen LogP contribution is 2.41. The summed E-state index contributed by atoms with van der Waals surface area (Å²) in [5.41, 5.74) is 1.85. The van der Waals surface area contributed by atoms with Gasteiger partial charge >= 0.3 is 12.0 Å². The van der Waals surface area contributed by atoms with Gasteiger partial charge in [-0.25, -0.2) is 22.8 Å². The van der Waals surface area contributed by atoms with Crippen LogP contribution in [-0.4, -0.2) is 75.0 Å². The fourth-order valence-electron chi connectivity index (χ4n) is 7.04. The van der Waals surface area contributed by atoms with E-state index < -0.39 is 29.4 Å². The largest absolute Gasteiger partial charge is 0.493 e. The molecule has 2 N–H and O–H groups in total. The standard InChI is InChI=1S/C37H40F2N8O4/c1-3-35(26(2)48)47-36(49)46(25-42-47)31-7-5-29(6-8-31)43-14-16-44(17-15-43)30-9-11-32(12-10-30)50-20-27-19-37(51-21-27,22-45-24-40-23-41-45)33-13-4-28(38)18-34(33)39/h3-13,18,23-27,35,48H,1,14-17,19-22H2,2H3/p+1/t26-,27+,35-,37-/m0/s1. The van der Waals surface area contributed by atoms with Gasteiger partial charge in [0.15, 0.2) is 0 Å². The molecule has 7 rings (SSSR count). The Kier molecular flexibility index (Phi) is 9.69. The van der Waals surface area contributed by atoms with Crippen molar-refractivity contribution in [2.75, 3.05) is 49.2 Å². The van der Waals surface area contributed by atoms with E-state index in [1.54, 1.807) is 17.9 Å². The van der Waals surface area contributed by atoms with E-state index in [4.69, 9.17) is 9.47 Å². The first kappa shape index (κ1) is 34.1. The maximum atomic E-state index is 15.0. The highest BCUT2D eigenvalue weighted by Gasteiger charge is 2.46. The number of hydrogen-bond donors (Lipinski definition) is 2. The van der Waals surface area contributed by atoms with Crippen molar-refractivity contribution < 1.29 is 28.0 Å². The van der Waals surface area contributed by atoms with Gasteiger partial charge in [0.05, 0.1) is 25.0 Å². The number of nitrogens with one attached hydrogen (secondary N) is 1. The molecular formula is C37H41F2N8O4+. The number of hydrogen-bond acceptors (Lipinski definition) is 8. The van der Waals surface area contributed by atoms with E-state index in [1.807, 2.05) is 36.4 Å². The zero-order valence-electron chi connectivity index (χ0n) is 28.3. The number of piperazine rings is 1. The number of aromatic amines is 1. The van der Waals surface area contributed by atoms with Crippen molar-refractivity contribution >= 4 is 11.4 Å². The molecule has 0 amide bonds. The molecule has 0 unspecified atom stereocenters. The molecule has 3 aromatic carbocycles. The third kappa shape index (κ3) is 7.14. The molecular weight excluding hydrogens is 658 g/mol. The summed E-state index contributed by atoms with van der Waals surface area (Å²) in [6.45, 7) is 9.73. The smallest absolute Gasteiger partial charge is 0.351 e. The summed E-state index contributed by atoms with van der Waals surface area (Å²) in [7, 11) is 0. The monoisotopic (exact) mass is 699 g/mol. The molecule has 2 saturated heterocycles. The molecule has 2 aromatic heterocycles. The number of aromatic nitrogens is 6. The van der Waals surface area contributed by atoms with Crippen molar-refractivity contribution in [1.29, 1.82) is 0 Å². The average Bonchev–Trinajstić information content (AvgIpc) is 3.90. The van der Waals surface area contributed by atoms with Crippen LogP contribution in [-0.2, 0) is 16.9 Å². The summed E-state index contributed by atoms with van der Waals surface area (Å²) in [4.78, 5) is 21.6. The van der Waals surface area contributed by atoms with E-state index in [-0.39, 0.29) is 11.6 Å². The summed E-state index contributed by atoms with van der Waals surface area (Å²) in [5.74, 6) is -0.534. The Morgan fingerprint density at radius 3 is 2.33 bits per heavy atom.